The lowest BCUT2D eigenvalue weighted by Gasteiger charge is -2.30. The van der Waals surface area contributed by atoms with E-state index in [4.69, 9.17) is 0 Å². The number of pyridine rings is 1. The van der Waals surface area contributed by atoms with Crippen molar-refractivity contribution in [3.05, 3.63) is 72.4 Å². The molecule has 2 heterocycles. The second-order valence-corrected chi connectivity index (χ2v) is 9.46. The van der Waals surface area contributed by atoms with Crippen molar-refractivity contribution < 1.29 is 4.79 Å². The first kappa shape index (κ1) is 21.9. The van der Waals surface area contributed by atoms with E-state index in [1.54, 1.807) is 6.20 Å². The van der Waals surface area contributed by atoms with Crippen molar-refractivity contribution in [2.24, 2.45) is 5.92 Å². The van der Waals surface area contributed by atoms with E-state index in [-0.39, 0.29) is 5.91 Å². The highest BCUT2D eigenvalue weighted by atomic mass is 16.1. The monoisotopic (exact) mass is 448 g/mol. The first-order chi connectivity index (χ1) is 16.5. The summed E-state index contributed by atoms with van der Waals surface area (Å²) >= 11 is 0. The molecule has 0 spiro atoms. The summed E-state index contributed by atoms with van der Waals surface area (Å²) in [7, 11) is 0. The third kappa shape index (κ3) is 4.08. The van der Waals surface area contributed by atoms with Gasteiger partial charge in [-0.2, -0.15) is 5.26 Å². The molecule has 34 heavy (non-hydrogen) atoms. The molecule has 170 valence electrons. The number of aromatic nitrogens is 2. The van der Waals surface area contributed by atoms with Crippen molar-refractivity contribution in [2.75, 3.05) is 5.32 Å². The first-order valence-electron chi connectivity index (χ1n) is 11.9. The number of nitrogens with zero attached hydrogens (tertiary/aromatic N) is 3. The molecule has 0 saturated heterocycles. The van der Waals surface area contributed by atoms with E-state index in [1.807, 2.05) is 62.4 Å². The average Bonchev–Trinajstić information content (AvgIpc) is 3.12. The number of carbonyl (C=O) groups excluding carboxylic acids is 1. The number of fused-ring (bicyclic) bond motifs is 1. The van der Waals surface area contributed by atoms with Gasteiger partial charge in [0, 0.05) is 35.3 Å². The zero-order valence-electron chi connectivity index (χ0n) is 19.6. The van der Waals surface area contributed by atoms with Crippen molar-refractivity contribution in [3.8, 4) is 28.6 Å². The molecule has 2 aromatic carbocycles. The maximum absolute atomic E-state index is 12.2. The van der Waals surface area contributed by atoms with Gasteiger partial charge >= 0.3 is 0 Å². The molecule has 0 aliphatic heterocycles. The standard InChI is InChI=1S/C29H28N4O/c1-19(2)16-28(34)32-22-12-9-20(10-13-22)29-25(18-30)24-14-11-21(26-8-3-4-15-31-26)17-27(24)33(29)23-6-5-7-23/h3-4,8-15,17,19,23H,5-7,16H2,1-2H3,(H,32,34). The normalized spacial score (nSPS) is 13.6. The van der Waals surface area contributed by atoms with Gasteiger partial charge in [0.15, 0.2) is 0 Å². The molecule has 1 amide bonds. The fourth-order valence-corrected chi connectivity index (χ4v) is 4.72. The zero-order valence-corrected chi connectivity index (χ0v) is 19.6. The molecule has 1 N–H and O–H groups in total. The van der Waals surface area contributed by atoms with Crippen molar-refractivity contribution in [1.82, 2.24) is 9.55 Å². The van der Waals surface area contributed by atoms with E-state index in [0.717, 1.165) is 51.9 Å². The second kappa shape index (κ2) is 9.15. The molecule has 5 rings (SSSR count). The molecule has 1 saturated carbocycles. The van der Waals surface area contributed by atoms with Crippen molar-refractivity contribution in [3.63, 3.8) is 0 Å². The van der Waals surface area contributed by atoms with Crippen molar-refractivity contribution in [1.29, 1.82) is 5.26 Å². The van der Waals surface area contributed by atoms with Crippen LogP contribution in [0.4, 0.5) is 5.69 Å². The molecular formula is C29H28N4O. The molecule has 5 nitrogen and oxygen atoms in total. The zero-order chi connectivity index (χ0) is 23.7. The highest BCUT2D eigenvalue weighted by Gasteiger charge is 2.28. The summed E-state index contributed by atoms with van der Waals surface area (Å²) in [5.41, 5.74) is 6.47. The van der Waals surface area contributed by atoms with E-state index in [1.165, 1.54) is 6.42 Å². The van der Waals surface area contributed by atoms with Crippen LogP contribution in [-0.4, -0.2) is 15.5 Å². The Morgan fingerprint density at radius 2 is 1.88 bits per heavy atom. The van der Waals surface area contributed by atoms with Gasteiger partial charge in [0.2, 0.25) is 5.91 Å². The Morgan fingerprint density at radius 3 is 2.50 bits per heavy atom. The molecule has 1 fully saturated rings. The van der Waals surface area contributed by atoms with Crippen LogP contribution in [0.5, 0.6) is 0 Å². The summed E-state index contributed by atoms with van der Waals surface area (Å²) in [5, 5.41) is 14.1. The molecule has 1 aliphatic carbocycles. The summed E-state index contributed by atoms with van der Waals surface area (Å²) in [5.74, 6) is 0.331. The van der Waals surface area contributed by atoms with E-state index in [0.29, 0.717) is 23.9 Å². The average molecular weight is 449 g/mol. The summed E-state index contributed by atoms with van der Waals surface area (Å²) in [4.78, 5) is 16.7. The highest BCUT2D eigenvalue weighted by Crippen LogP contribution is 2.43. The predicted octanol–water partition coefficient (Wildman–Crippen LogP) is 6.95. The summed E-state index contributed by atoms with van der Waals surface area (Å²) < 4.78 is 2.36. The van der Waals surface area contributed by atoms with Gasteiger partial charge in [-0.1, -0.05) is 44.2 Å². The Kier molecular flexibility index (Phi) is 5.90. The number of hydrogen-bond acceptors (Lipinski definition) is 3. The molecule has 2 aromatic heterocycles. The van der Waals surface area contributed by atoms with Gasteiger partial charge in [0.25, 0.3) is 0 Å². The number of rotatable bonds is 6. The van der Waals surface area contributed by atoms with Crippen LogP contribution in [0.3, 0.4) is 0 Å². The quantitative estimate of drug-likeness (QED) is 0.347. The summed E-state index contributed by atoms with van der Waals surface area (Å²) in [6.45, 7) is 4.06. The number of hydrogen-bond donors (Lipinski definition) is 1. The first-order valence-corrected chi connectivity index (χ1v) is 11.9. The van der Waals surface area contributed by atoms with E-state index in [9.17, 15) is 10.1 Å². The smallest absolute Gasteiger partial charge is 0.224 e. The van der Waals surface area contributed by atoms with Gasteiger partial charge in [-0.3, -0.25) is 9.78 Å². The number of nitrogens with one attached hydrogen (secondary N) is 1. The molecule has 5 heteroatoms. The number of benzene rings is 2. The van der Waals surface area contributed by atoms with Crippen molar-refractivity contribution >= 4 is 22.5 Å². The summed E-state index contributed by atoms with van der Waals surface area (Å²) in [6, 6.07) is 22.9. The molecule has 0 atom stereocenters. The number of carbonyl (C=O) groups is 1. The van der Waals surface area contributed by atoms with Crippen LogP contribution in [0.2, 0.25) is 0 Å². The predicted molar refractivity (Wildman–Crippen MR) is 136 cm³/mol. The largest absolute Gasteiger partial charge is 0.336 e. The second-order valence-electron chi connectivity index (χ2n) is 9.46. The van der Waals surface area contributed by atoms with Crippen LogP contribution in [0, 0.1) is 17.2 Å². The van der Waals surface area contributed by atoms with Crippen LogP contribution in [0.1, 0.15) is 51.1 Å². The minimum atomic E-state index is 0.0195. The number of anilines is 1. The van der Waals surface area contributed by atoms with Gasteiger partial charge in [-0.05, 0) is 61.1 Å². The Hall–Kier alpha value is -3.91. The third-order valence-corrected chi connectivity index (χ3v) is 6.55. The van der Waals surface area contributed by atoms with Gasteiger partial charge in [0.05, 0.1) is 22.5 Å². The topological polar surface area (TPSA) is 70.7 Å². The maximum Gasteiger partial charge on any atom is 0.224 e. The van der Waals surface area contributed by atoms with E-state index in [2.05, 4.69) is 33.1 Å². The number of amides is 1. The molecule has 4 aromatic rings. The maximum atomic E-state index is 12.2. The van der Waals surface area contributed by atoms with Gasteiger partial charge in [0.1, 0.15) is 6.07 Å². The molecule has 0 bridgehead atoms. The van der Waals surface area contributed by atoms with Gasteiger partial charge < -0.3 is 9.88 Å². The van der Waals surface area contributed by atoms with Gasteiger partial charge in [-0.25, -0.2) is 0 Å². The van der Waals surface area contributed by atoms with Crippen LogP contribution < -0.4 is 5.32 Å². The molecule has 0 unspecified atom stereocenters. The lowest BCUT2D eigenvalue weighted by molar-refractivity contribution is -0.116. The van der Waals surface area contributed by atoms with E-state index >= 15 is 0 Å². The lowest BCUT2D eigenvalue weighted by Crippen LogP contribution is -2.18. The Balaban J connectivity index is 1.60. The highest BCUT2D eigenvalue weighted by molar-refractivity contribution is 5.97. The summed E-state index contributed by atoms with van der Waals surface area (Å²) in [6.07, 6.45) is 5.72. The fourth-order valence-electron chi connectivity index (χ4n) is 4.72. The van der Waals surface area contributed by atoms with Crippen LogP contribution in [0.25, 0.3) is 33.4 Å². The SMILES string of the molecule is CC(C)CC(=O)Nc1ccc(-c2c(C#N)c3ccc(-c4ccccn4)cc3n2C2CCC2)cc1. The van der Waals surface area contributed by atoms with Gasteiger partial charge in [-0.15, -0.1) is 0 Å². The minimum Gasteiger partial charge on any atom is -0.336 e. The molecule has 1 aliphatic rings. The van der Waals surface area contributed by atoms with Crippen molar-refractivity contribution in [2.45, 2.75) is 45.6 Å². The lowest BCUT2D eigenvalue weighted by atomic mass is 9.92. The Morgan fingerprint density at radius 1 is 1.12 bits per heavy atom. The number of nitriles is 1. The molecule has 0 radical (unpaired) electrons. The van der Waals surface area contributed by atoms with E-state index < -0.39 is 0 Å². The molecular weight excluding hydrogens is 420 g/mol. The van der Waals surface area contributed by atoms with Crippen LogP contribution in [0.15, 0.2) is 66.9 Å². The minimum absolute atomic E-state index is 0.0195. The Bertz CT molecular complexity index is 1370. The third-order valence-electron chi connectivity index (χ3n) is 6.55. The van der Waals surface area contributed by atoms with Crippen LogP contribution in [-0.2, 0) is 4.79 Å². The Labute approximate surface area is 200 Å². The van der Waals surface area contributed by atoms with Crippen LogP contribution >= 0.6 is 0 Å². The fraction of sp³-hybridized carbons (Fsp3) is 0.276.